The van der Waals surface area contributed by atoms with Gasteiger partial charge in [-0.2, -0.15) is 0 Å². The van der Waals surface area contributed by atoms with Crippen molar-refractivity contribution in [3.8, 4) is 17.2 Å². The number of benzene rings is 3. The highest BCUT2D eigenvalue weighted by Gasteiger charge is 2.24. The van der Waals surface area contributed by atoms with Crippen LogP contribution in [0.1, 0.15) is 52.8 Å². The van der Waals surface area contributed by atoms with Crippen LogP contribution in [0.15, 0.2) is 48.5 Å². The van der Waals surface area contributed by atoms with Gasteiger partial charge >= 0.3 is 0 Å². The monoisotopic (exact) mass is 419 g/mol. The molecule has 4 rings (SSSR count). The maximum atomic E-state index is 10.5. The van der Waals surface area contributed by atoms with Gasteiger partial charge in [0.2, 0.25) is 0 Å². The molecule has 5 nitrogen and oxygen atoms in total. The van der Waals surface area contributed by atoms with Crippen molar-refractivity contribution in [1.82, 2.24) is 0 Å². The molecular weight excluding hydrogens is 390 g/mol. The van der Waals surface area contributed by atoms with Crippen LogP contribution < -0.4 is 15.2 Å². The molecule has 0 radical (unpaired) electrons. The Morgan fingerprint density at radius 2 is 1.74 bits per heavy atom. The Kier molecular flexibility index (Phi) is 6.16. The smallest absolute Gasteiger partial charge is 0.133 e. The van der Waals surface area contributed by atoms with E-state index >= 15 is 0 Å². The Hall–Kier alpha value is -3.02. The molecule has 3 aromatic carbocycles. The molecule has 4 N–H and O–H groups in total. The number of aliphatic hydroxyl groups excluding tert-OH is 2. The molecule has 0 saturated carbocycles. The van der Waals surface area contributed by atoms with Crippen molar-refractivity contribution in [2.75, 3.05) is 5.73 Å². The molecule has 0 heterocycles. The molecule has 5 heteroatoms. The zero-order valence-corrected chi connectivity index (χ0v) is 18.0. The molecule has 0 spiro atoms. The molecule has 162 valence electrons. The quantitative estimate of drug-likeness (QED) is 0.470. The summed E-state index contributed by atoms with van der Waals surface area (Å²) in [7, 11) is 0. The van der Waals surface area contributed by atoms with Crippen LogP contribution in [0.25, 0.3) is 0 Å². The highest BCUT2D eigenvalue weighted by atomic mass is 16.5. The van der Waals surface area contributed by atoms with Crippen molar-refractivity contribution in [2.24, 2.45) is 0 Å². The SMILES string of the molecule is Cc1cc(N)c2c(c1Oc1ccc(OCc3ccccc3)c(C(C)O)c1CO)CCC2. The molecule has 1 unspecified atom stereocenters. The van der Waals surface area contributed by atoms with E-state index in [0.717, 1.165) is 53.0 Å². The Morgan fingerprint density at radius 3 is 2.45 bits per heavy atom. The number of hydrogen-bond acceptors (Lipinski definition) is 5. The Labute approximate surface area is 183 Å². The molecule has 0 fully saturated rings. The van der Waals surface area contributed by atoms with Crippen LogP contribution in [0.4, 0.5) is 5.69 Å². The number of anilines is 1. The molecule has 3 aromatic rings. The molecule has 0 saturated heterocycles. The zero-order chi connectivity index (χ0) is 22.0. The summed E-state index contributed by atoms with van der Waals surface area (Å²) in [5.41, 5.74) is 12.4. The van der Waals surface area contributed by atoms with Crippen molar-refractivity contribution in [3.05, 3.63) is 81.9 Å². The van der Waals surface area contributed by atoms with Gasteiger partial charge < -0.3 is 25.4 Å². The van der Waals surface area contributed by atoms with Crippen LogP contribution in [0.3, 0.4) is 0 Å². The van der Waals surface area contributed by atoms with E-state index in [1.54, 1.807) is 19.1 Å². The number of ether oxygens (including phenoxy) is 2. The predicted octanol–water partition coefficient (Wildman–Crippen LogP) is 4.98. The van der Waals surface area contributed by atoms with E-state index in [2.05, 4.69) is 0 Å². The van der Waals surface area contributed by atoms with Crippen LogP contribution in [-0.2, 0) is 26.1 Å². The minimum atomic E-state index is -0.824. The molecule has 0 bridgehead atoms. The molecule has 0 aromatic heterocycles. The number of aliphatic hydroxyl groups is 2. The van der Waals surface area contributed by atoms with Gasteiger partial charge in [-0.3, -0.25) is 0 Å². The van der Waals surface area contributed by atoms with Gasteiger partial charge in [-0.1, -0.05) is 30.3 Å². The number of nitrogens with two attached hydrogens (primary N) is 1. The van der Waals surface area contributed by atoms with E-state index in [-0.39, 0.29) is 6.61 Å². The number of rotatable bonds is 7. The Balaban J connectivity index is 1.70. The van der Waals surface area contributed by atoms with Crippen LogP contribution in [-0.4, -0.2) is 10.2 Å². The van der Waals surface area contributed by atoms with Crippen LogP contribution in [0.2, 0.25) is 0 Å². The average molecular weight is 420 g/mol. The maximum Gasteiger partial charge on any atom is 0.133 e. The molecule has 1 aliphatic carbocycles. The van der Waals surface area contributed by atoms with Gasteiger partial charge in [-0.25, -0.2) is 0 Å². The molecule has 1 aliphatic rings. The summed E-state index contributed by atoms with van der Waals surface area (Å²) in [6.45, 7) is 3.75. The van der Waals surface area contributed by atoms with Crippen LogP contribution in [0, 0.1) is 6.92 Å². The lowest BCUT2D eigenvalue weighted by Gasteiger charge is -2.22. The van der Waals surface area contributed by atoms with Crippen molar-refractivity contribution in [2.45, 2.75) is 52.4 Å². The van der Waals surface area contributed by atoms with Gasteiger partial charge in [0.1, 0.15) is 23.9 Å². The van der Waals surface area contributed by atoms with Crippen LogP contribution in [0.5, 0.6) is 17.2 Å². The number of aryl methyl sites for hydroxylation is 1. The minimum Gasteiger partial charge on any atom is -0.489 e. The van der Waals surface area contributed by atoms with E-state index in [0.29, 0.717) is 29.2 Å². The third-order valence-corrected chi connectivity index (χ3v) is 5.87. The largest absolute Gasteiger partial charge is 0.489 e. The highest BCUT2D eigenvalue weighted by molar-refractivity contribution is 5.63. The summed E-state index contributed by atoms with van der Waals surface area (Å²) < 4.78 is 12.4. The van der Waals surface area contributed by atoms with Gasteiger partial charge in [0.25, 0.3) is 0 Å². The summed E-state index contributed by atoms with van der Waals surface area (Å²) in [5, 5.41) is 20.7. The number of fused-ring (bicyclic) bond motifs is 1. The summed E-state index contributed by atoms with van der Waals surface area (Å²) in [5.74, 6) is 1.85. The van der Waals surface area contributed by atoms with E-state index in [4.69, 9.17) is 15.2 Å². The van der Waals surface area contributed by atoms with Gasteiger partial charge in [0, 0.05) is 22.4 Å². The summed E-state index contributed by atoms with van der Waals surface area (Å²) in [6.07, 6.45) is 2.11. The first-order valence-electron chi connectivity index (χ1n) is 10.7. The van der Waals surface area contributed by atoms with E-state index in [1.165, 1.54) is 0 Å². The zero-order valence-electron chi connectivity index (χ0n) is 18.0. The van der Waals surface area contributed by atoms with Crippen molar-refractivity contribution >= 4 is 5.69 Å². The third-order valence-electron chi connectivity index (χ3n) is 5.87. The maximum absolute atomic E-state index is 10.5. The minimum absolute atomic E-state index is 0.270. The fourth-order valence-electron chi connectivity index (χ4n) is 4.39. The van der Waals surface area contributed by atoms with Gasteiger partial charge in [-0.15, -0.1) is 0 Å². The van der Waals surface area contributed by atoms with E-state index in [1.807, 2.05) is 43.3 Å². The summed E-state index contributed by atoms with van der Waals surface area (Å²) in [6, 6.07) is 15.4. The second kappa shape index (κ2) is 9.00. The third kappa shape index (κ3) is 4.24. The van der Waals surface area contributed by atoms with Crippen molar-refractivity contribution in [1.29, 1.82) is 0 Å². The van der Waals surface area contributed by atoms with Gasteiger partial charge in [0.15, 0.2) is 0 Å². The Morgan fingerprint density at radius 1 is 1.03 bits per heavy atom. The fourth-order valence-corrected chi connectivity index (χ4v) is 4.39. The normalized spacial score (nSPS) is 13.7. The lowest BCUT2D eigenvalue weighted by atomic mass is 10.00. The number of nitrogen functional groups attached to an aromatic ring is 1. The van der Waals surface area contributed by atoms with Gasteiger partial charge in [0.05, 0.1) is 12.7 Å². The van der Waals surface area contributed by atoms with Crippen LogP contribution >= 0.6 is 0 Å². The fraction of sp³-hybridized carbons (Fsp3) is 0.308. The molecule has 0 aliphatic heterocycles. The molecular formula is C26H29NO4. The topological polar surface area (TPSA) is 84.9 Å². The Bertz CT molecular complexity index is 1080. The average Bonchev–Trinajstić information content (AvgIpc) is 3.26. The van der Waals surface area contributed by atoms with Crippen molar-refractivity contribution in [3.63, 3.8) is 0 Å². The predicted molar refractivity (Wildman–Crippen MR) is 121 cm³/mol. The standard InChI is InChI=1S/C26H29NO4/c1-16-13-22(27)19-9-6-10-20(19)26(16)31-23-11-12-24(25(17(2)29)21(23)14-28)30-15-18-7-4-3-5-8-18/h3-5,7-8,11-13,17,28-29H,6,9-10,14-15,27H2,1-2H3. The molecule has 1 atom stereocenters. The molecule has 0 amide bonds. The molecule has 31 heavy (non-hydrogen) atoms. The first-order chi connectivity index (χ1) is 15.0. The summed E-state index contributed by atoms with van der Waals surface area (Å²) >= 11 is 0. The lowest BCUT2D eigenvalue weighted by molar-refractivity contribution is 0.183. The first kappa shape index (κ1) is 21.2. The van der Waals surface area contributed by atoms with Crippen molar-refractivity contribution < 1.29 is 19.7 Å². The van der Waals surface area contributed by atoms with Gasteiger partial charge in [-0.05, 0) is 68.0 Å². The van der Waals surface area contributed by atoms with E-state index in [9.17, 15) is 10.2 Å². The number of hydrogen-bond donors (Lipinski definition) is 3. The second-order valence-corrected chi connectivity index (χ2v) is 8.09. The second-order valence-electron chi connectivity index (χ2n) is 8.09. The lowest BCUT2D eigenvalue weighted by Crippen LogP contribution is -2.07. The van der Waals surface area contributed by atoms with E-state index < -0.39 is 6.10 Å². The first-order valence-corrected chi connectivity index (χ1v) is 10.7. The summed E-state index contributed by atoms with van der Waals surface area (Å²) in [4.78, 5) is 0. The highest BCUT2D eigenvalue weighted by Crippen LogP contribution is 2.42.